The lowest BCUT2D eigenvalue weighted by atomic mass is 9.79. The maximum atomic E-state index is 2.57. The second-order valence-corrected chi connectivity index (χ2v) is 15.5. The zero-order valence-electron chi connectivity index (χ0n) is 27.3. The number of hydrogen-bond donors (Lipinski definition) is 0. The van der Waals surface area contributed by atoms with E-state index in [0.717, 1.165) is 0 Å². The summed E-state index contributed by atoms with van der Waals surface area (Å²) in [6.45, 7) is 13.9. The molecule has 0 atom stereocenters. The van der Waals surface area contributed by atoms with E-state index in [2.05, 4.69) is 160 Å². The van der Waals surface area contributed by atoms with E-state index in [9.17, 15) is 0 Å². The van der Waals surface area contributed by atoms with Gasteiger partial charge in [-0.3, -0.25) is 0 Å². The normalized spacial score (nSPS) is 13.4. The minimum atomic E-state index is 0.0615. The molecule has 2 nitrogen and oxygen atoms in total. The SMILES string of the molecule is CC(C)(C)c1cc(-c2ccc3c4c5c6ccccc6n6c7ccccc7c(c7c8ccccc8n(c3c2)c74)c56)cc(C(C)(C)C)c1. The van der Waals surface area contributed by atoms with Crippen LogP contribution >= 0.6 is 0 Å². The highest BCUT2D eigenvalue weighted by Crippen LogP contribution is 2.52. The van der Waals surface area contributed by atoms with E-state index in [-0.39, 0.29) is 10.8 Å². The lowest BCUT2D eigenvalue weighted by Crippen LogP contribution is -2.16. The first-order chi connectivity index (χ1) is 22.1. The van der Waals surface area contributed by atoms with Crippen molar-refractivity contribution in [3.8, 4) is 11.1 Å². The van der Waals surface area contributed by atoms with Gasteiger partial charge in [-0.2, -0.15) is 0 Å². The molecule has 0 saturated heterocycles. The van der Waals surface area contributed by atoms with Crippen LogP contribution in [-0.2, 0) is 10.8 Å². The minimum absolute atomic E-state index is 0.0615. The Labute approximate surface area is 268 Å². The summed E-state index contributed by atoms with van der Waals surface area (Å²) < 4.78 is 5.09. The monoisotopic (exact) mass is 592 g/mol. The van der Waals surface area contributed by atoms with Gasteiger partial charge in [0.1, 0.15) is 0 Å². The number of para-hydroxylation sites is 3. The molecule has 4 heterocycles. The topological polar surface area (TPSA) is 8.82 Å². The van der Waals surface area contributed by atoms with E-state index in [0.29, 0.717) is 0 Å². The minimum Gasteiger partial charge on any atom is -0.308 e. The molecular weight excluding hydrogens is 556 g/mol. The fraction of sp³-hybridized carbons (Fsp3) is 0.182. The van der Waals surface area contributed by atoms with E-state index in [4.69, 9.17) is 0 Å². The van der Waals surface area contributed by atoms with Gasteiger partial charge in [0.25, 0.3) is 0 Å². The van der Waals surface area contributed by atoms with Crippen molar-refractivity contribution in [1.29, 1.82) is 0 Å². The Morgan fingerprint density at radius 2 is 0.761 bits per heavy atom. The molecule has 2 heteroatoms. The predicted molar refractivity (Wildman–Crippen MR) is 199 cm³/mol. The average molecular weight is 593 g/mol. The Morgan fingerprint density at radius 1 is 0.370 bits per heavy atom. The quantitative estimate of drug-likeness (QED) is 0.179. The van der Waals surface area contributed by atoms with Gasteiger partial charge in [0.2, 0.25) is 0 Å². The highest BCUT2D eigenvalue weighted by atomic mass is 14.9. The largest absolute Gasteiger partial charge is 0.308 e. The summed E-state index contributed by atoms with van der Waals surface area (Å²) in [5.74, 6) is 0. The van der Waals surface area contributed by atoms with Gasteiger partial charge in [0, 0.05) is 43.1 Å². The Bertz CT molecular complexity index is 2830. The lowest BCUT2D eigenvalue weighted by molar-refractivity contribution is 0.569. The van der Waals surface area contributed by atoms with Crippen LogP contribution in [0.4, 0.5) is 0 Å². The van der Waals surface area contributed by atoms with Crippen LogP contribution in [0.3, 0.4) is 0 Å². The van der Waals surface area contributed by atoms with Gasteiger partial charge in [-0.1, -0.05) is 126 Å². The van der Waals surface area contributed by atoms with Crippen LogP contribution in [-0.4, -0.2) is 8.80 Å². The van der Waals surface area contributed by atoms with Gasteiger partial charge >= 0.3 is 0 Å². The molecule has 0 bridgehead atoms. The third-order valence-electron chi connectivity index (χ3n) is 10.6. The van der Waals surface area contributed by atoms with Crippen LogP contribution in [0.25, 0.3) is 87.3 Å². The van der Waals surface area contributed by atoms with E-state index in [1.165, 1.54) is 98.4 Å². The van der Waals surface area contributed by atoms with Gasteiger partial charge in [-0.05, 0) is 57.3 Å². The van der Waals surface area contributed by atoms with Crippen molar-refractivity contribution in [1.82, 2.24) is 8.80 Å². The van der Waals surface area contributed by atoms with Crippen molar-refractivity contribution in [2.45, 2.75) is 52.4 Å². The molecule has 0 saturated carbocycles. The van der Waals surface area contributed by atoms with Gasteiger partial charge < -0.3 is 8.80 Å². The van der Waals surface area contributed by atoms with Crippen molar-refractivity contribution in [2.24, 2.45) is 0 Å². The summed E-state index contributed by atoms with van der Waals surface area (Å²) in [6, 6.07) is 41.4. The Hall–Kier alpha value is -5.08. The van der Waals surface area contributed by atoms with E-state index >= 15 is 0 Å². The van der Waals surface area contributed by atoms with Gasteiger partial charge in [0.05, 0.1) is 33.1 Å². The first-order valence-corrected chi connectivity index (χ1v) is 16.5. The molecule has 0 radical (unpaired) electrons. The molecule has 0 aliphatic carbocycles. The second-order valence-electron chi connectivity index (χ2n) is 15.5. The van der Waals surface area contributed by atoms with Crippen LogP contribution in [0.15, 0.2) is 109 Å². The first kappa shape index (κ1) is 26.2. The number of hydrogen-bond acceptors (Lipinski definition) is 0. The number of nitrogens with zero attached hydrogens (tertiary/aromatic N) is 2. The van der Waals surface area contributed by atoms with Crippen molar-refractivity contribution in [2.75, 3.05) is 0 Å². The van der Waals surface area contributed by atoms with Crippen LogP contribution in [0, 0.1) is 0 Å². The second kappa shape index (κ2) is 8.39. The number of rotatable bonds is 1. The van der Waals surface area contributed by atoms with Crippen molar-refractivity contribution < 1.29 is 0 Å². The fourth-order valence-corrected chi connectivity index (χ4v) is 8.37. The van der Waals surface area contributed by atoms with Crippen LogP contribution in [0.1, 0.15) is 52.7 Å². The lowest BCUT2D eigenvalue weighted by Gasteiger charge is -2.26. The van der Waals surface area contributed by atoms with Crippen molar-refractivity contribution >= 4 is 76.2 Å². The summed E-state index contributed by atoms with van der Waals surface area (Å²) in [5, 5.41) is 10.8. The molecule has 10 aromatic rings. The summed E-state index contributed by atoms with van der Waals surface area (Å²) >= 11 is 0. The standard InChI is InChI=1S/C44H36N2/c1-43(2,3)27-21-26(22-28(24-27)44(4,5)6)25-19-20-32-36(23-25)46-35-18-12-9-15-31(35)38-37-29-13-7-10-16-33(29)45-34-17-11-8-14-30(34)39(41(37)45)40(32)42(38)46/h7-24H,1-6H3. The maximum Gasteiger partial charge on any atom is 0.0634 e. The van der Waals surface area contributed by atoms with E-state index < -0.39 is 0 Å². The maximum absolute atomic E-state index is 2.57. The number of fused-ring (bicyclic) bond motifs is 14. The Kier molecular flexibility index (Phi) is 4.77. The van der Waals surface area contributed by atoms with Gasteiger partial charge in [-0.25, -0.2) is 0 Å². The average Bonchev–Trinajstić information content (AvgIpc) is 3.76. The van der Waals surface area contributed by atoms with Crippen LogP contribution in [0.5, 0.6) is 0 Å². The molecule has 222 valence electrons. The molecule has 0 unspecified atom stereocenters. The van der Waals surface area contributed by atoms with E-state index in [1.54, 1.807) is 0 Å². The molecule has 0 N–H and O–H groups in total. The summed E-state index contributed by atoms with van der Waals surface area (Å²) in [5.41, 5.74) is 13.3. The number of aromatic nitrogens is 2. The molecule has 46 heavy (non-hydrogen) atoms. The molecule has 6 aromatic carbocycles. The molecule has 0 aliphatic rings. The third-order valence-corrected chi connectivity index (χ3v) is 10.6. The van der Waals surface area contributed by atoms with Gasteiger partial charge in [0.15, 0.2) is 0 Å². The highest BCUT2D eigenvalue weighted by Gasteiger charge is 2.28. The van der Waals surface area contributed by atoms with Crippen molar-refractivity contribution in [3.63, 3.8) is 0 Å². The molecule has 0 fully saturated rings. The molecule has 0 spiro atoms. The molecule has 0 amide bonds. The number of benzene rings is 6. The summed E-state index contributed by atoms with van der Waals surface area (Å²) in [6.07, 6.45) is 0. The Balaban J connectivity index is 1.43. The zero-order valence-corrected chi connectivity index (χ0v) is 27.3. The predicted octanol–water partition coefficient (Wildman–Crippen LogP) is 12.2. The summed E-state index contributed by atoms with van der Waals surface area (Å²) in [4.78, 5) is 0. The molecule has 0 aliphatic heterocycles. The smallest absolute Gasteiger partial charge is 0.0634 e. The van der Waals surface area contributed by atoms with Crippen LogP contribution in [0.2, 0.25) is 0 Å². The molecule has 4 aromatic heterocycles. The van der Waals surface area contributed by atoms with Crippen LogP contribution < -0.4 is 0 Å². The zero-order chi connectivity index (χ0) is 31.3. The third kappa shape index (κ3) is 3.17. The summed E-state index contributed by atoms with van der Waals surface area (Å²) in [7, 11) is 0. The highest BCUT2D eigenvalue weighted by molar-refractivity contribution is 6.45. The molecular formula is C44H36N2. The Morgan fingerprint density at radius 3 is 1.20 bits per heavy atom. The van der Waals surface area contributed by atoms with Crippen molar-refractivity contribution in [3.05, 3.63) is 120 Å². The first-order valence-electron chi connectivity index (χ1n) is 16.5. The fourth-order valence-electron chi connectivity index (χ4n) is 8.37. The molecule has 10 rings (SSSR count). The van der Waals surface area contributed by atoms with Gasteiger partial charge in [-0.15, -0.1) is 0 Å². The van der Waals surface area contributed by atoms with E-state index in [1.807, 2.05) is 0 Å².